The van der Waals surface area contributed by atoms with Crippen molar-refractivity contribution in [1.82, 2.24) is 0 Å². The van der Waals surface area contributed by atoms with Crippen LogP contribution in [-0.2, 0) is 26.1 Å². The fourth-order valence-electron chi connectivity index (χ4n) is 3.09. The number of aliphatic hydroxyl groups excluding tert-OH is 2. The molecule has 25 heavy (non-hydrogen) atoms. The van der Waals surface area contributed by atoms with Crippen molar-refractivity contribution in [2.75, 3.05) is 0 Å². The van der Waals surface area contributed by atoms with E-state index < -0.39 is 0 Å². The molecule has 0 bridgehead atoms. The molecule has 0 heterocycles. The van der Waals surface area contributed by atoms with Gasteiger partial charge in [0.15, 0.2) is 0 Å². The van der Waals surface area contributed by atoms with Crippen LogP contribution in [0, 0.1) is 0 Å². The molecule has 0 amide bonds. The maximum absolute atomic E-state index is 9.91. The lowest BCUT2D eigenvalue weighted by molar-refractivity contribution is 0.277. The molecule has 0 saturated carbocycles. The van der Waals surface area contributed by atoms with Gasteiger partial charge in [-0.15, -0.1) is 0 Å². The minimum atomic E-state index is 0.0617. The summed E-state index contributed by atoms with van der Waals surface area (Å²) >= 11 is 1.67. The minimum absolute atomic E-state index is 0.0617. The molecule has 3 heteroatoms. The molecule has 2 nitrogen and oxygen atoms in total. The van der Waals surface area contributed by atoms with Crippen LogP contribution in [0.4, 0.5) is 0 Å². The fraction of sp³-hybridized carbons (Fsp3) is 0.455. The normalized spacial score (nSPS) is 11.0. The van der Waals surface area contributed by atoms with Crippen molar-refractivity contribution in [3.05, 3.63) is 58.7 Å². The van der Waals surface area contributed by atoms with E-state index in [0.717, 1.165) is 59.4 Å². The van der Waals surface area contributed by atoms with E-state index >= 15 is 0 Å². The Morgan fingerprint density at radius 1 is 0.720 bits per heavy atom. The Bertz CT molecular complexity index is 610. The van der Waals surface area contributed by atoms with Crippen molar-refractivity contribution in [3.8, 4) is 0 Å². The highest BCUT2D eigenvalue weighted by Gasteiger charge is 2.13. The van der Waals surface area contributed by atoms with Crippen LogP contribution in [0.2, 0.25) is 0 Å². The Balaban J connectivity index is 2.33. The van der Waals surface area contributed by atoms with Gasteiger partial charge < -0.3 is 10.2 Å². The summed E-state index contributed by atoms with van der Waals surface area (Å²) in [4.78, 5) is 2.19. The predicted molar refractivity (Wildman–Crippen MR) is 106 cm³/mol. The summed E-state index contributed by atoms with van der Waals surface area (Å²) in [5.74, 6) is 0. The number of aryl methyl sites for hydroxylation is 2. The zero-order chi connectivity index (χ0) is 18.1. The number of benzene rings is 2. The third kappa shape index (κ3) is 5.34. The summed E-state index contributed by atoms with van der Waals surface area (Å²) in [5.41, 5.74) is 4.54. The average molecular weight is 359 g/mol. The topological polar surface area (TPSA) is 40.5 Å². The van der Waals surface area contributed by atoms with E-state index in [4.69, 9.17) is 0 Å². The van der Waals surface area contributed by atoms with Gasteiger partial charge in [-0.25, -0.2) is 0 Å². The first-order chi connectivity index (χ1) is 12.2. The summed E-state index contributed by atoms with van der Waals surface area (Å²) in [7, 11) is 0. The van der Waals surface area contributed by atoms with Gasteiger partial charge in [0.05, 0.1) is 13.2 Å². The van der Waals surface area contributed by atoms with Gasteiger partial charge in [-0.05, 0) is 60.1 Å². The van der Waals surface area contributed by atoms with Gasteiger partial charge in [-0.2, -0.15) is 0 Å². The van der Waals surface area contributed by atoms with Crippen LogP contribution < -0.4 is 0 Å². The van der Waals surface area contributed by atoms with Gasteiger partial charge in [0, 0.05) is 9.79 Å². The van der Waals surface area contributed by atoms with E-state index in [1.54, 1.807) is 11.8 Å². The Hall–Kier alpha value is -1.29. The van der Waals surface area contributed by atoms with Crippen molar-refractivity contribution >= 4 is 11.8 Å². The molecule has 2 N–H and O–H groups in total. The van der Waals surface area contributed by atoms with Crippen LogP contribution in [-0.4, -0.2) is 10.2 Å². The molecular weight excluding hydrogens is 328 g/mol. The van der Waals surface area contributed by atoms with Crippen molar-refractivity contribution in [2.24, 2.45) is 0 Å². The largest absolute Gasteiger partial charge is 0.392 e. The molecule has 2 aromatic carbocycles. The number of hydrogen-bond acceptors (Lipinski definition) is 3. The van der Waals surface area contributed by atoms with Crippen molar-refractivity contribution < 1.29 is 10.2 Å². The SMILES string of the molecule is CCCCc1cccc(Sc2cccc(CCCC)c2CO)c1CO. The third-order valence-electron chi connectivity index (χ3n) is 4.60. The zero-order valence-electron chi connectivity index (χ0n) is 15.4. The highest BCUT2D eigenvalue weighted by Crippen LogP contribution is 2.36. The molecule has 0 fully saturated rings. The minimum Gasteiger partial charge on any atom is -0.392 e. The fourth-order valence-corrected chi connectivity index (χ4v) is 4.26. The molecule has 0 unspecified atom stereocenters. The van der Waals surface area contributed by atoms with Gasteiger partial charge in [0.2, 0.25) is 0 Å². The summed E-state index contributed by atoms with van der Waals surface area (Å²) < 4.78 is 0. The van der Waals surface area contributed by atoms with Crippen LogP contribution in [0.3, 0.4) is 0 Å². The second kappa shape index (κ2) is 10.6. The molecular formula is C22H30O2S. The summed E-state index contributed by atoms with van der Waals surface area (Å²) in [6.07, 6.45) is 6.58. The number of hydrogen-bond donors (Lipinski definition) is 2. The molecule has 0 atom stereocenters. The number of aliphatic hydroxyl groups is 2. The lowest BCUT2D eigenvalue weighted by Crippen LogP contribution is -1.99. The van der Waals surface area contributed by atoms with Crippen LogP contribution >= 0.6 is 11.8 Å². The summed E-state index contributed by atoms with van der Waals surface area (Å²) in [6, 6.07) is 12.5. The molecule has 0 spiro atoms. The standard InChI is InChI=1S/C22H30O2S/c1-3-5-9-17-11-7-13-21(19(17)15-23)25-22-14-8-12-18(10-6-4-2)20(22)16-24/h7-8,11-14,23-24H,3-6,9-10,15-16H2,1-2H3. The number of unbranched alkanes of at least 4 members (excludes halogenated alkanes) is 2. The van der Waals surface area contributed by atoms with Crippen molar-refractivity contribution in [2.45, 2.75) is 75.4 Å². The van der Waals surface area contributed by atoms with Gasteiger partial charge in [-0.3, -0.25) is 0 Å². The molecule has 136 valence electrons. The predicted octanol–water partition coefficient (Wildman–Crippen LogP) is 5.51. The Morgan fingerprint density at radius 2 is 1.16 bits per heavy atom. The lowest BCUT2D eigenvalue weighted by atomic mass is 10.0. The quantitative estimate of drug-likeness (QED) is 0.588. The second-order valence-corrected chi connectivity index (χ2v) is 7.50. The van der Waals surface area contributed by atoms with E-state index in [0.29, 0.717) is 0 Å². The molecule has 0 aliphatic rings. The molecule has 2 aromatic rings. The molecule has 2 rings (SSSR count). The lowest BCUT2D eigenvalue weighted by Gasteiger charge is -2.16. The first-order valence-corrected chi connectivity index (χ1v) is 10.2. The highest BCUT2D eigenvalue weighted by molar-refractivity contribution is 7.99. The molecule has 0 radical (unpaired) electrons. The first kappa shape index (κ1) is 20.0. The second-order valence-electron chi connectivity index (χ2n) is 6.41. The molecule has 0 aliphatic heterocycles. The number of rotatable bonds is 10. The van der Waals surface area contributed by atoms with E-state index in [1.165, 1.54) is 11.1 Å². The van der Waals surface area contributed by atoms with E-state index in [2.05, 4.69) is 50.2 Å². The zero-order valence-corrected chi connectivity index (χ0v) is 16.2. The van der Waals surface area contributed by atoms with E-state index in [-0.39, 0.29) is 13.2 Å². The van der Waals surface area contributed by atoms with Gasteiger partial charge in [-0.1, -0.05) is 62.7 Å². The van der Waals surface area contributed by atoms with Crippen LogP contribution in [0.15, 0.2) is 46.2 Å². The Kier molecular flexibility index (Phi) is 8.53. The molecule has 0 saturated heterocycles. The van der Waals surface area contributed by atoms with Gasteiger partial charge >= 0.3 is 0 Å². The maximum atomic E-state index is 9.91. The Morgan fingerprint density at radius 3 is 1.52 bits per heavy atom. The third-order valence-corrected chi connectivity index (χ3v) is 5.80. The van der Waals surface area contributed by atoms with Crippen LogP contribution in [0.5, 0.6) is 0 Å². The highest BCUT2D eigenvalue weighted by atomic mass is 32.2. The van der Waals surface area contributed by atoms with Crippen molar-refractivity contribution in [3.63, 3.8) is 0 Å². The van der Waals surface area contributed by atoms with Crippen LogP contribution in [0.1, 0.15) is 61.8 Å². The van der Waals surface area contributed by atoms with E-state index in [9.17, 15) is 10.2 Å². The molecule has 0 aromatic heterocycles. The smallest absolute Gasteiger partial charge is 0.0695 e. The summed E-state index contributed by atoms with van der Waals surface area (Å²) in [5, 5.41) is 19.8. The Labute approximate surface area is 156 Å². The monoisotopic (exact) mass is 358 g/mol. The first-order valence-electron chi connectivity index (χ1n) is 9.36. The maximum Gasteiger partial charge on any atom is 0.0695 e. The van der Waals surface area contributed by atoms with Crippen molar-refractivity contribution in [1.29, 1.82) is 0 Å². The summed E-state index contributed by atoms with van der Waals surface area (Å²) in [6.45, 7) is 4.50. The van der Waals surface area contributed by atoms with Gasteiger partial charge in [0.25, 0.3) is 0 Å². The average Bonchev–Trinajstić information content (AvgIpc) is 2.64. The van der Waals surface area contributed by atoms with Gasteiger partial charge in [0.1, 0.15) is 0 Å². The molecule has 0 aliphatic carbocycles. The van der Waals surface area contributed by atoms with Crippen LogP contribution in [0.25, 0.3) is 0 Å². The van der Waals surface area contributed by atoms with E-state index in [1.807, 2.05) is 0 Å².